The van der Waals surface area contributed by atoms with Crippen LogP contribution in [-0.2, 0) is 11.2 Å². The highest BCUT2D eigenvalue weighted by molar-refractivity contribution is 5.90. The summed E-state index contributed by atoms with van der Waals surface area (Å²) in [6, 6.07) is 6.51. The van der Waals surface area contributed by atoms with Crippen LogP contribution in [0.2, 0.25) is 0 Å². The molecule has 0 radical (unpaired) electrons. The van der Waals surface area contributed by atoms with E-state index in [2.05, 4.69) is 20.5 Å². The summed E-state index contributed by atoms with van der Waals surface area (Å²) in [7, 11) is 0. The number of aromatic nitrogens is 3. The zero-order chi connectivity index (χ0) is 12.1. The smallest absolute Gasteiger partial charge is 0.249 e. The maximum Gasteiger partial charge on any atom is 0.249 e. The first kappa shape index (κ1) is 11.0. The Morgan fingerprint density at radius 2 is 2.24 bits per heavy atom. The third kappa shape index (κ3) is 3.23. The molecule has 0 fully saturated rings. The summed E-state index contributed by atoms with van der Waals surface area (Å²) in [5, 5.41) is 19.0. The second kappa shape index (κ2) is 5.02. The van der Waals surface area contributed by atoms with Crippen LogP contribution in [0, 0.1) is 0 Å². The van der Waals surface area contributed by atoms with Crippen molar-refractivity contribution in [1.29, 1.82) is 0 Å². The molecule has 6 heteroatoms. The topological polar surface area (TPSA) is 88.0 Å². The van der Waals surface area contributed by atoms with Crippen LogP contribution in [0.5, 0.6) is 5.75 Å². The molecule has 6 nitrogen and oxygen atoms in total. The molecule has 0 atom stereocenters. The number of carbonyl (C=O) groups is 1. The summed E-state index contributed by atoms with van der Waals surface area (Å²) in [5.41, 5.74) is 0.714. The van der Waals surface area contributed by atoms with Crippen molar-refractivity contribution < 1.29 is 9.90 Å². The minimum absolute atomic E-state index is 0.132. The van der Waals surface area contributed by atoms with E-state index in [9.17, 15) is 9.90 Å². The zero-order valence-electron chi connectivity index (χ0n) is 8.87. The molecule has 17 heavy (non-hydrogen) atoms. The van der Waals surface area contributed by atoms with Crippen LogP contribution in [0.15, 0.2) is 36.7 Å². The second-order valence-corrected chi connectivity index (χ2v) is 3.36. The fraction of sp³-hybridized carbons (Fsp3) is 0.0909. The van der Waals surface area contributed by atoms with Crippen molar-refractivity contribution in [3.63, 3.8) is 0 Å². The number of nitrogens with zero attached hydrogens (tertiary/aromatic N) is 3. The van der Waals surface area contributed by atoms with Crippen molar-refractivity contribution in [2.24, 2.45) is 0 Å². The highest BCUT2D eigenvalue weighted by atomic mass is 16.3. The Morgan fingerprint density at radius 3 is 2.94 bits per heavy atom. The van der Waals surface area contributed by atoms with Gasteiger partial charge in [0.1, 0.15) is 5.75 Å². The van der Waals surface area contributed by atoms with E-state index in [1.54, 1.807) is 18.2 Å². The van der Waals surface area contributed by atoms with Gasteiger partial charge in [0.05, 0.1) is 18.8 Å². The molecule has 1 amide bonds. The monoisotopic (exact) mass is 230 g/mol. The molecule has 0 spiro atoms. The molecule has 0 aliphatic carbocycles. The van der Waals surface area contributed by atoms with Gasteiger partial charge in [0.25, 0.3) is 0 Å². The summed E-state index contributed by atoms with van der Waals surface area (Å²) in [5.74, 6) is 0.0363. The van der Waals surface area contributed by atoms with Gasteiger partial charge < -0.3 is 5.11 Å². The molecular formula is C11H10N4O2. The lowest BCUT2D eigenvalue weighted by atomic mass is 10.1. The Morgan fingerprint density at radius 1 is 1.35 bits per heavy atom. The highest BCUT2D eigenvalue weighted by Crippen LogP contribution is 2.11. The average Bonchev–Trinajstić information content (AvgIpc) is 2.30. The molecule has 0 saturated carbocycles. The quantitative estimate of drug-likeness (QED) is 0.812. The number of carbonyl (C=O) groups excluding carboxylic acids is 1. The number of hydrogen-bond acceptors (Lipinski definition) is 5. The lowest BCUT2D eigenvalue weighted by Crippen LogP contribution is -2.16. The Hall–Kier alpha value is -2.50. The van der Waals surface area contributed by atoms with Gasteiger partial charge in [-0.25, -0.2) is 4.98 Å². The summed E-state index contributed by atoms with van der Waals surface area (Å²) in [6.45, 7) is 0. The number of hydrogen-bond donors (Lipinski definition) is 2. The summed E-state index contributed by atoms with van der Waals surface area (Å²) in [6.07, 6.45) is 3.01. The summed E-state index contributed by atoms with van der Waals surface area (Å²) < 4.78 is 0. The molecule has 0 saturated heterocycles. The number of benzene rings is 1. The molecule has 1 aromatic heterocycles. The largest absolute Gasteiger partial charge is 0.508 e. The van der Waals surface area contributed by atoms with Gasteiger partial charge in [0.2, 0.25) is 11.9 Å². The lowest BCUT2D eigenvalue weighted by molar-refractivity contribution is -0.115. The zero-order valence-corrected chi connectivity index (χ0v) is 8.87. The number of aromatic hydroxyl groups is 1. The van der Waals surface area contributed by atoms with Crippen LogP contribution < -0.4 is 5.32 Å². The van der Waals surface area contributed by atoms with E-state index in [0.29, 0.717) is 5.56 Å². The average molecular weight is 230 g/mol. The highest BCUT2D eigenvalue weighted by Gasteiger charge is 2.06. The van der Waals surface area contributed by atoms with Crippen molar-refractivity contribution in [2.75, 3.05) is 5.32 Å². The molecule has 2 aromatic rings. The number of nitrogens with one attached hydrogen (secondary N) is 1. The van der Waals surface area contributed by atoms with Crippen molar-refractivity contribution in [2.45, 2.75) is 6.42 Å². The minimum atomic E-state index is -0.261. The van der Waals surface area contributed by atoms with Crippen molar-refractivity contribution >= 4 is 11.9 Å². The maximum absolute atomic E-state index is 11.6. The van der Waals surface area contributed by atoms with E-state index < -0.39 is 0 Å². The van der Waals surface area contributed by atoms with Gasteiger partial charge in [-0.2, -0.15) is 5.10 Å². The van der Waals surface area contributed by atoms with Crippen LogP contribution in [0.1, 0.15) is 5.56 Å². The fourth-order valence-corrected chi connectivity index (χ4v) is 1.33. The Bertz CT molecular complexity index is 516. The predicted octanol–water partition coefficient (Wildman–Crippen LogP) is 0.758. The number of phenolic OH excluding ortho intramolecular Hbond substituents is 1. The van der Waals surface area contributed by atoms with Crippen LogP contribution in [0.4, 0.5) is 5.95 Å². The standard InChI is InChI=1S/C11H10N4O2/c16-9-3-1-2-8(6-9)7-10(17)14-11-12-4-5-13-15-11/h1-6,16H,7H2,(H,12,14,15,17). The summed E-state index contributed by atoms with van der Waals surface area (Å²) >= 11 is 0. The van der Waals surface area contributed by atoms with Crippen molar-refractivity contribution in [3.8, 4) is 5.75 Å². The molecule has 1 aromatic carbocycles. The Labute approximate surface area is 97.4 Å². The van der Waals surface area contributed by atoms with E-state index in [0.717, 1.165) is 0 Å². The molecule has 1 heterocycles. The first-order chi connectivity index (χ1) is 8.24. The second-order valence-electron chi connectivity index (χ2n) is 3.36. The first-order valence-electron chi connectivity index (χ1n) is 4.95. The molecule has 0 unspecified atom stereocenters. The Kier molecular flexibility index (Phi) is 3.25. The third-order valence-electron chi connectivity index (χ3n) is 2.01. The van der Waals surface area contributed by atoms with Gasteiger partial charge in [0.15, 0.2) is 0 Å². The Balaban J connectivity index is 1.98. The van der Waals surface area contributed by atoms with Gasteiger partial charge >= 0.3 is 0 Å². The predicted molar refractivity (Wildman–Crippen MR) is 60.3 cm³/mol. The SMILES string of the molecule is O=C(Cc1cccc(O)c1)Nc1nccnn1. The normalized spacial score (nSPS) is 9.88. The molecule has 0 aliphatic heterocycles. The van der Waals surface area contributed by atoms with Gasteiger partial charge in [0, 0.05) is 0 Å². The van der Waals surface area contributed by atoms with E-state index >= 15 is 0 Å². The van der Waals surface area contributed by atoms with Crippen molar-refractivity contribution in [3.05, 3.63) is 42.2 Å². The van der Waals surface area contributed by atoms with Gasteiger partial charge in [-0.15, -0.1) is 5.10 Å². The van der Waals surface area contributed by atoms with Crippen LogP contribution in [-0.4, -0.2) is 26.2 Å². The van der Waals surface area contributed by atoms with Gasteiger partial charge in [-0.05, 0) is 17.7 Å². The van der Waals surface area contributed by atoms with E-state index in [1.807, 2.05) is 0 Å². The van der Waals surface area contributed by atoms with E-state index in [4.69, 9.17) is 0 Å². The molecule has 2 N–H and O–H groups in total. The maximum atomic E-state index is 11.6. The minimum Gasteiger partial charge on any atom is -0.508 e. The van der Waals surface area contributed by atoms with Crippen LogP contribution >= 0.6 is 0 Å². The van der Waals surface area contributed by atoms with Crippen LogP contribution in [0.25, 0.3) is 0 Å². The lowest BCUT2D eigenvalue weighted by Gasteiger charge is -2.03. The first-order valence-corrected chi connectivity index (χ1v) is 4.95. The third-order valence-corrected chi connectivity index (χ3v) is 2.01. The molecule has 0 aliphatic rings. The van der Waals surface area contributed by atoms with E-state index in [-0.39, 0.29) is 24.0 Å². The van der Waals surface area contributed by atoms with Crippen LogP contribution in [0.3, 0.4) is 0 Å². The number of amides is 1. The summed E-state index contributed by atoms with van der Waals surface area (Å²) in [4.78, 5) is 15.4. The number of rotatable bonds is 3. The number of anilines is 1. The van der Waals surface area contributed by atoms with Crippen molar-refractivity contribution in [1.82, 2.24) is 15.2 Å². The van der Waals surface area contributed by atoms with E-state index in [1.165, 1.54) is 18.5 Å². The number of phenols is 1. The molecule has 0 bridgehead atoms. The molecule has 2 rings (SSSR count). The van der Waals surface area contributed by atoms with Gasteiger partial charge in [-0.3, -0.25) is 10.1 Å². The van der Waals surface area contributed by atoms with Gasteiger partial charge in [-0.1, -0.05) is 12.1 Å². The molecule has 86 valence electrons. The molecular weight excluding hydrogens is 220 g/mol. The fourth-order valence-electron chi connectivity index (χ4n) is 1.33.